The SMILES string of the molecule is CC(C)(C)SCCNC(=O)CCOCCN1C(=O)CC(C(C)(C)C)C1=O. The molecule has 1 aliphatic rings. The molecular formula is C19H34N2O4S. The van der Waals surface area contributed by atoms with Crippen LogP contribution in [0.1, 0.15) is 54.4 Å². The molecule has 1 atom stereocenters. The Balaban J connectivity index is 2.16. The summed E-state index contributed by atoms with van der Waals surface area (Å²) in [6, 6.07) is 0. The van der Waals surface area contributed by atoms with Crippen molar-refractivity contribution in [3.63, 3.8) is 0 Å². The average Bonchev–Trinajstić information content (AvgIpc) is 2.78. The minimum atomic E-state index is -0.258. The van der Waals surface area contributed by atoms with Gasteiger partial charge in [-0.1, -0.05) is 41.5 Å². The topological polar surface area (TPSA) is 75.7 Å². The van der Waals surface area contributed by atoms with Gasteiger partial charge in [0, 0.05) is 29.9 Å². The first kappa shape index (κ1) is 23.0. The first-order valence-electron chi connectivity index (χ1n) is 9.24. The van der Waals surface area contributed by atoms with Gasteiger partial charge in [0.25, 0.3) is 0 Å². The Morgan fingerprint density at radius 2 is 1.85 bits per heavy atom. The summed E-state index contributed by atoms with van der Waals surface area (Å²) in [6.07, 6.45) is 0.560. The highest BCUT2D eigenvalue weighted by Crippen LogP contribution is 2.35. The van der Waals surface area contributed by atoms with Crippen molar-refractivity contribution in [2.45, 2.75) is 59.1 Å². The van der Waals surface area contributed by atoms with Gasteiger partial charge in [-0.15, -0.1) is 0 Å². The van der Waals surface area contributed by atoms with E-state index in [0.29, 0.717) is 6.54 Å². The van der Waals surface area contributed by atoms with E-state index in [0.717, 1.165) is 5.75 Å². The zero-order chi connectivity index (χ0) is 20.0. The third-order valence-electron chi connectivity index (χ3n) is 4.18. The summed E-state index contributed by atoms with van der Waals surface area (Å²) in [4.78, 5) is 37.4. The Kier molecular flexibility index (Phi) is 8.60. The van der Waals surface area contributed by atoms with Crippen LogP contribution in [-0.2, 0) is 19.1 Å². The lowest BCUT2D eigenvalue weighted by Gasteiger charge is -2.24. The highest BCUT2D eigenvalue weighted by molar-refractivity contribution is 8.00. The molecule has 0 aliphatic carbocycles. The van der Waals surface area contributed by atoms with E-state index in [9.17, 15) is 14.4 Å². The molecule has 3 amide bonds. The van der Waals surface area contributed by atoms with E-state index >= 15 is 0 Å². The minimum absolute atomic E-state index is 0.0411. The highest BCUT2D eigenvalue weighted by Gasteiger charge is 2.44. The maximum absolute atomic E-state index is 12.3. The molecule has 7 heteroatoms. The van der Waals surface area contributed by atoms with Crippen LogP contribution in [0.15, 0.2) is 0 Å². The predicted octanol–water partition coefficient (Wildman–Crippen LogP) is 2.46. The number of rotatable bonds is 9. The van der Waals surface area contributed by atoms with Gasteiger partial charge in [-0.05, 0) is 5.41 Å². The molecule has 1 saturated heterocycles. The lowest BCUT2D eigenvalue weighted by molar-refractivity contribution is -0.141. The van der Waals surface area contributed by atoms with Crippen molar-refractivity contribution in [2.75, 3.05) is 32.1 Å². The maximum Gasteiger partial charge on any atom is 0.233 e. The molecule has 0 saturated carbocycles. The number of hydrogen-bond acceptors (Lipinski definition) is 5. The maximum atomic E-state index is 12.3. The van der Waals surface area contributed by atoms with E-state index in [-0.39, 0.29) is 66.4 Å². The first-order chi connectivity index (χ1) is 11.9. The minimum Gasteiger partial charge on any atom is -0.379 e. The van der Waals surface area contributed by atoms with Crippen molar-refractivity contribution in [3.8, 4) is 0 Å². The number of nitrogens with zero attached hydrogens (tertiary/aromatic N) is 1. The van der Waals surface area contributed by atoms with Crippen LogP contribution < -0.4 is 5.32 Å². The van der Waals surface area contributed by atoms with E-state index in [4.69, 9.17) is 4.74 Å². The number of imide groups is 1. The van der Waals surface area contributed by atoms with Crippen molar-refractivity contribution >= 4 is 29.5 Å². The Morgan fingerprint density at radius 1 is 1.19 bits per heavy atom. The standard InChI is InChI=1S/C19H34N2O4S/c1-18(2,3)14-13-16(23)21(17(14)24)9-11-25-10-7-15(22)20-8-12-26-19(4,5)6/h14H,7-13H2,1-6H3,(H,20,22). The molecular weight excluding hydrogens is 352 g/mol. The molecule has 0 aromatic heterocycles. The lowest BCUT2D eigenvalue weighted by Crippen LogP contribution is -2.36. The summed E-state index contributed by atoms with van der Waals surface area (Å²) in [5, 5.41) is 2.87. The number of hydrogen-bond donors (Lipinski definition) is 1. The molecule has 1 N–H and O–H groups in total. The van der Waals surface area contributed by atoms with Crippen LogP contribution in [0.4, 0.5) is 0 Å². The number of amides is 3. The molecule has 1 aliphatic heterocycles. The van der Waals surface area contributed by atoms with Crippen molar-refractivity contribution in [3.05, 3.63) is 0 Å². The molecule has 26 heavy (non-hydrogen) atoms. The Morgan fingerprint density at radius 3 is 2.38 bits per heavy atom. The summed E-state index contributed by atoms with van der Waals surface area (Å²) in [6.45, 7) is 13.8. The number of ether oxygens (including phenoxy) is 1. The molecule has 1 unspecified atom stereocenters. The van der Waals surface area contributed by atoms with Crippen LogP contribution in [0.3, 0.4) is 0 Å². The fraction of sp³-hybridized carbons (Fsp3) is 0.842. The third-order valence-corrected chi connectivity index (χ3v) is 5.46. The van der Waals surface area contributed by atoms with E-state index in [2.05, 4.69) is 26.1 Å². The summed E-state index contributed by atoms with van der Waals surface area (Å²) >= 11 is 1.81. The van der Waals surface area contributed by atoms with Crippen LogP contribution in [0, 0.1) is 11.3 Å². The Hall–Kier alpha value is -1.08. The molecule has 0 aromatic carbocycles. The quantitative estimate of drug-likeness (QED) is 0.487. The largest absolute Gasteiger partial charge is 0.379 e. The summed E-state index contributed by atoms with van der Waals surface area (Å²) in [5.41, 5.74) is -0.217. The average molecular weight is 387 g/mol. The number of carbonyl (C=O) groups excluding carboxylic acids is 3. The van der Waals surface area contributed by atoms with Crippen LogP contribution >= 0.6 is 11.8 Å². The summed E-state index contributed by atoms with van der Waals surface area (Å²) in [7, 11) is 0. The van der Waals surface area contributed by atoms with Crippen molar-refractivity contribution in [1.82, 2.24) is 10.2 Å². The van der Waals surface area contributed by atoms with Crippen LogP contribution in [0.25, 0.3) is 0 Å². The van der Waals surface area contributed by atoms with Crippen LogP contribution in [0.5, 0.6) is 0 Å². The van der Waals surface area contributed by atoms with Gasteiger partial charge in [-0.2, -0.15) is 11.8 Å². The third kappa shape index (κ3) is 8.08. The van der Waals surface area contributed by atoms with Gasteiger partial charge in [0.15, 0.2) is 0 Å². The number of likely N-dealkylation sites (tertiary alicyclic amines) is 1. The monoisotopic (exact) mass is 386 g/mol. The zero-order valence-corrected chi connectivity index (χ0v) is 17.8. The van der Waals surface area contributed by atoms with E-state index in [1.807, 2.05) is 32.5 Å². The normalized spacial score (nSPS) is 18.5. The predicted molar refractivity (Wildman–Crippen MR) is 105 cm³/mol. The molecule has 150 valence electrons. The first-order valence-corrected chi connectivity index (χ1v) is 10.2. The molecule has 1 rings (SSSR count). The van der Waals surface area contributed by atoms with Crippen LogP contribution in [0.2, 0.25) is 0 Å². The number of nitrogens with one attached hydrogen (secondary N) is 1. The molecule has 6 nitrogen and oxygen atoms in total. The van der Waals surface area contributed by atoms with Gasteiger partial charge in [-0.3, -0.25) is 19.3 Å². The molecule has 0 spiro atoms. The van der Waals surface area contributed by atoms with Gasteiger partial charge >= 0.3 is 0 Å². The molecule has 0 radical (unpaired) electrons. The van der Waals surface area contributed by atoms with Gasteiger partial charge in [0.2, 0.25) is 17.7 Å². The smallest absolute Gasteiger partial charge is 0.233 e. The number of carbonyl (C=O) groups is 3. The van der Waals surface area contributed by atoms with Crippen molar-refractivity contribution < 1.29 is 19.1 Å². The van der Waals surface area contributed by atoms with Gasteiger partial charge in [0.05, 0.1) is 25.7 Å². The zero-order valence-electron chi connectivity index (χ0n) is 17.0. The van der Waals surface area contributed by atoms with Gasteiger partial charge < -0.3 is 10.1 Å². The van der Waals surface area contributed by atoms with Crippen molar-refractivity contribution in [1.29, 1.82) is 0 Å². The molecule has 0 bridgehead atoms. The summed E-state index contributed by atoms with van der Waals surface area (Å²) in [5.74, 6) is 0.338. The van der Waals surface area contributed by atoms with Gasteiger partial charge in [0.1, 0.15) is 0 Å². The summed E-state index contributed by atoms with van der Waals surface area (Å²) < 4.78 is 5.63. The molecule has 1 fully saturated rings. The van der Waals surface area contributed by atoms with Crippen molar-refractivity contribution in [2.24, 2.45) is 11.3 Å². The fourth-order valence-electron chi connectivity index (χ4n) is 2.65. The highest BCUT2D eigenvalue weighted by atomic mass is 32.2. The Bertz CT molecular complexity index is 509. The molecule has 1 heterocycles. The van der Waals surface area contributed by atoms with E-state index in [1.165, 1.54) is 4.90 Å². The second-order valence-electron chi connectivity index (χ2n) is 8.68. The second-order valence-corrected chi connectivity index (χ2v) is 10.6. The van der Waals surface area contributed by atoms with Crippen LogP contribution in [-0.4, -0.2) is 59.4 Å². The van der Waals surface area contributed by atoms with Gasteiger partial charge in [-0.25, -0.2) is 0 Å². The lowest BCUT2D eigenvalue weighted by atomic mass is 9.80. The molecule has 0 aromatic rings. The second kappa shape index (κ2) is 9.74. The van der Waals surface area contributed by atoms with E-state index in [1.54, 1.807) is 0 Å². The fourth-order valence-corrected chi connectivity index (χ4v) is 3.47. The Labute approximate surface area is 161 Å². The number of thioether (sulfide) groups is 1. The van der Waals surface area contributed by atoms with E-state index < -0.39 is 0 Å².